The maximum absolute atomic E-state index is 11.5. The average Bonchev–Trinajstić information content (AvgIpc) is 2.81. The summed E-state index contributed by atoms with van der Waals surface area (Å²) < 4.78 is 11.1. The molecule has 0 spiro atoms. The van der Waals surface area contributed by atoms with Gasteiger partial charge in [0.1, 0.15) is 12.4 Å². The number of fused-ring (bicyclic) bond motifs is 1. The number of carbonyl (C=O) groups is 1. The maximum atomic E-state index is 11.5. The summed E-state index contributed by atoms with van der Waals surface area (Å²) >= 11 is 0. The standard InChI is InChI=1S/C15H19NO3.ClH/c17-15-4-1-12-11-13(2-3-14(12)15)19-10-7-16-5-8-18-9-6-16;/h2-3,11H,1,4-10H2;1H. The Morgan fingerprint density at radius 2 is 2.00 bits per heavy atom. The van der Waals surface area contributed by atoms with E-state index in [-0.39, 0.29) is 18.2 Å². The van der Waals surface area contributed by atoms with Gasteiger partial charge in [0.25, 0.3) is 0 Å². The van der Waals surface area contributed by atoms with Crippen LogP contribution in [0.2, 0.25) is 0 Å². The van der Waals surface area contributed by atoms with Gasteiger partial charge in [-0.15, -0.1) is 12.4 Å². The number of ketones is 1. The van der Waals surface area contributed by atoms with Crippen LogP contribution < -0.4 is 4.74 Å². The first-order valence-corrected chi connectivity index (χ1v) is 6.92. The maximum Gasteiger partial charge on any atom is 0.163 e. The molecule has 1 aliphatic heterocycles. The molecule has 1 aromatic carbocycles. The summed E-state index contributed by atoms with van der Waals surface area (Å²) in [6.07, 6.45) is 1.50. The number of ether oxygens (including phenoxy) is 2. The van der Waals surface area contributed by atoms with Crippen molar-refractivity contribution in [1.29, 1.82) is 0 Å². The van der Waals surface area contributed by atoms with Crippen molar-refractivity contribution in [3.63, 3.8) is 0 Å². The van der Waals surface area contributed by atoms with Crippen LogP contribution in [0.3, 0.4) is 0 Å². The van der Waals surface area contributed by atoms with Gasteiger partial charge in [-0.25, -0.2) is 0 Å². The van der Waals surface area contributed by atoms with Gasteiger partial charge in [-0.2, -0.15) is 0 Å². The number of aryl methyl sites for hydroxylation is 1. The summed E-state index contributed by atoms with van der Waals surface area (Å²) in [5.41, 5.74) is 2.01. The highest BCUT2D eigenvalue weighted by atomic mass is 35.5. The molecule has 20 heavy (non-hydrogen) atoms. The smallest absolute Gasteiger partial charge is 0.163 e. The Hall–Kier alpha value is -1.10. The van der Waals surface area contributed by atoms with Gasteiger partial charge < -0.3 is 9.47 Å². The zero-order chi connectivity index (χ0) is 13.1. The Labute approximate surface area is 125 Å². The Balaban J connectivity index is 0.00000147. The van der Waals surface area contributed by atoms with E-state index in [4.69, 9.17) is 9.47 Å². The topological polar surface area (TPSA) is 38.8 Å². The minimum absolute atomic E-state index is 0. The molecule has 1 aliphatic carbocycles. The first-order valence-electron chi connectivity index (χ1n) is 6.92. The number of rotatable bonds is 4. The third-order valence-corrected chi connectivity index (χ3v) is 3.78. The molecular weight excluding hydrogens is 278 g/mol. The molecule has 0 atom stereocenters. The molecule has 110 valence electrons. The molecule has 0 saturated carbocycles. The molecule has 1 fully saturated rings. The number of hydrogen-bond donors (Lipinski definition) is 0. The summed E-state index contributed by atoms with van der Waals surface area (Å²) in [5, 5.41) is 0. The van der Waals surface area contributed by atoms with E-state index in [1.165, 1.54) is 0 Å². The Bertz CT molecular complexity index is 472. The lowest BCUT2D eigenvalue weighted by atomic mass is 10.1. The van der Waals surface area contributed by atoms with Crippen molar-refractivity contribution in [2.24, 2.45) is 0 Å². The number of Topliss-reactive ketones (excluding diaryl/α,β-unsaturated/α-hetero) is 1. The fourth-order valence-corrected chi connectivity index (χ4v) is 2.64. The molecule has 3 rings (SSSR count). The zero-order valence-electron chi connectivity index (χ0n) is 11.5. The predicted octanol–water partition coefficient (Wildman–Crippen LogP) is 1.95. The number of hydrogen-bond acceptors (Lipinski definition) is 4. The van der Waals surface area contributed by atoms with Gasteiger partial charge in [0, 0.05) is 31.6 Å². The molecule has 4 nitrogen and oxygen atoms in total. The minimum atomic E-state index is 0. The van der Waals surface area contributed by atoms with Gasteiger partial charge in [-0.1, -0.05) is 0 Å². The lowest BCUT2D eigenvalue weighted by Crippen LogP contribution is -2.38. The van der Waals surface area contributed by atoms with Gasteiger partial charge in [0.15, 0.2) is 5.78 Å². The van der Waals surface area contributed by atoms with E-state index in [1.54, 1.807) is 0 Å². The first-order chi connectivity index (χ1) is 9.33. The van der Waals surface area contributed by atoms with Crippen molar-refractivity contribution in [3.8, 4) is 5.75 Å². The van der Waals surface area contributed by atoms with Crippen LogP contribution in [0.5, 0.6) is 5.75 Å². The summed E-state index contributed by atoms with van der Waals surface area (Å²) in [6, 6.07) is 5.82. The molecule has 0 bridgehead atoms. The molecule has 1 saturated heterocycles. The molecule has 0 radical (unpaired) electrons. The van der Waals surface area contributed by atoms with E-state index < -0.39 is 0 Å². The van der Waals surface area contributed by atoms with Crippen LogP contribution in [-0.4, -0.2) is 50.1 Å². The van der Waals surface area contributed by atoms with E-state index >= 15 is 0 Å². The van der Waals surface area contributed by atoms with Crippen LogP contribution >= 0.6 is 12.4 Å². The second kappa shape index (κ2) is 7.07. The van der Waals surface area contributed by atoms with Gasteiger partial charge in [0.05, 0.1) is 13.2 Å². The zero-order valence-corrected chi connectivity index (χ0v) is 12.3. The molecule has 0 amide bonds. The minimum Gasteiger partial charge on any atom is -0.492 e. The molecule has 5 heteroatoms. The number of carbonyl (C=O) groups excluding carboxylic acids is 1. The van der Waals surface area contributed by atoms with E-state index in [1.807, 2.05) is 18.2 Å². The molecule has 1 aromatic rings. The first kappa shape index (κ1) is 15.3. The van der Waals surface area contributed by atoms with Crippen molar-refractivity contribution in [2.75, 3.05) is 39.5 Å². The summed E-state index contributed by atoms with van der Waals surface area (Å²) in [5.74, 6) is 1.14. The van der Waals surface area contributed by atoms with Gasteiger partial charge in [-0.3, -0.25) is 9.69 Å². The van der Waals surface area contributed by atoms with Crippen LogP contribution in [0, 0.1) is 0 Å². The van der Waals surface area contributed by atoms with E-state index in [0.29, 0.717) is 13.0 Å². The normalized spacial score (nSPS) is 18.5. The van der Waals surface area contributed by atoms with Gasteiger partial charge in [0.2, 0.25) is 0 Å². The fraction of sp³-hybridized carbons (Fsp3) is 0.533. The predicted molar refractivity (Wildman–Crippen MR) is 79.1 cm³/mol. The van der Waals surface area contributed by atoms with Crippen molar-refractivity contribution < 1.29 is 14.3 Å². The summed E-state index contributed by atoms with van der Waals surface area (Å²) in [6.45, 7) is 5.23. The summed E-state index contributed by atoms with van der Waals surface area (Å²) in [7, 11) is 0. The largest absolute Gasteiger partial charge is 0.492 e. The Morgan fingerprint density at radius 3 is 2.80 bits per heavy atom. The lowest BCUT2D eigenvalue weighted by Gasteiger charge is -2.26. The SMILES string of the molecule is Cl.O=C1CCc2cc(OCCN3CCOCC3)ccc21. The Morgan fingerprint density at radius 1 is 1.20 bits per heavy atom. The highest BCUT2D eigenvalue weighted by Gasteiger charge is 2.19. The Kier molecular flexibility index (Phi) is 5.40. The van der Waals surface area contributed by atoms with Gasteiger partial charge in [-0.05, 0) is 30.2 Å². The molecule has 2 aliphatic rings. The average molecular weight is 298 g/mol. The molecule has 0 N–H and O–H groups in total. The quantitative estimate of drug-likeness (QED) is 0.851. The second-order valence-corrected chi connectivity index (χ2v) is 5.04. The number of morpholine rings is 1. The fourth-order valence-electron chi connectivity index (χ4n) is 2.64. The van der Waals surface area contributed by atoms with Crippen molar-refractivity contribution in [1.82, 2.24) is 4.90 Å². The molecule has 1 heterocycles. The monoisotopic (exact) mass is 297 g/mol. The van der Waals surface area contributed by atoms with Crippen LogP contribution in [0.1, 0.15) is 22.3 Å². The van der Waals surface area contributed by atoms with E-state index in [2.05, 4.69) is 4.90 Å². The molecular formula is C15H20ClNO3. The van der Waals surface area contributed by atoms with E-state index in [9.17, 15) is 4.79 Å². The van der Waals surface area contributed by atoms with Crippen LogP contribution in [0.15, 0.2) is 18.2 Å². The van der Waals surface area contributed by atoms with Crippen LogP contribution in [0.4, 0.5) is 0 Å². The van der Waals surface area contributed by atoms with Crippen molar-refractivity contribution >= 4 is 18.2 Å². The number of halogens is 1. The van der Waals surface area contributed by atoms with Crippen LogP contribution in [0.25, 0.3) is 0 Å². The second-order valence-electron chi connectivity index (χ2n) is 5.04. The summed E-state index contributed by atoms with van der Waals surface area (Å²) in [4.78, 5) is 13.9. The van der Waals surface area contributed by atoms with E-state index in [0.717, 1.165) is 56.1 Å². The highest BCUT2D eigenvalue weighted by Crippen LogP contribution is 2.26. The third-order valence-electron chi connectivity index (χ3n) is 3.78. The number of nitrogens with zero attached hydrogens (tertiary/aromatic N) is 1. The number of benzene rings is 1. The third kappa shape index (κ3) is 3.51. The lowest BCUT2D eigenvalue weighted by molar-refractivity contribution is 0.0322. The van der Waals surface area contributed by atoms with Gasteiger partial charge >= 0.3 is 0 Å². The highest BCUT2D eigenvalue weighted by molar-refractivity contribution is 6.00. The molecule has 0 aromatic heterocycles. The van der Waals surface area contributed by atoms with Crippen molar-refractivity contribution in [3.05, 3.63) is 29.3 Å². The van der Waals surface area contributed by atoms with Crippen molar-refractivity contribution in [2.45, 2.75) is 12.8 Å². The van der Waals surface area contributed by atoms with Crippen LogP contribution in [-0.2, 0) is 11.2 Å². The molecule has 0 unspecified atom stereocenters.